The lowest BCUT2D eigenvalue weighted by Crippen LogP contribution is -2.35. The van der Waals surface area contributed by atoms with E-state index in [1.54, 1.807) is 11.3 Å². The van der Waals surface area contributed by atoms with Crippen molar-refractivity contribution in [2.24, 2.45) is 5.92 Å². The van der Waals surface area contributed by atoms with Crippen molar-refractivity contribution in [3.63, 3.8) is 0 Å². The standard InChI is InChI=1S/C20H23N5OS/c1-2-4-16-15(3-1)11-19(24-23-16)26-13-14-6-9-25(10-7-14)20-22-17-12-21-8-5-18(17)27-20/h5,8,11-12,14H,1-4,6-7,9-10,13H2. The lowest BCUT2D eigenvalue weighted by atomic mass is 9.97. The summed E-state index contributed by atoms with van der Waals surface area (Å²) in [5.74, 6) is 1.26. The summed E-state index contributed by atoms with van der Waals surface area (Å²) in [5, 5.41) is 9.74. The Hall–Kier alpha value is -2.28. The number of rotatable bonds is 4. The third kappa shape index (κ3) is 3.60. The fraction of sp³-hybridized carbons (Fsp3) is 0.500. The molecule has 0 radical (unpaired) electrons. The summed E-state index contributed by atoms with van der Waals surface area (Å²) in [4.78, 5) is 11.3. The first-order chi connectivity index (χ1) is 13.3. The van der Waals surface area contributed by atoms with E-state index >= 15 is 0 Å². The molecule has 0 bridgehead atoms. The van der Waals surface area contributed by atoms with Crippen molar-refractivity contribution in [2.75, 3.05) is 24.6 Å². The zero-order valence-corrected chi connectivity index (χ0v) is 16.1. The SMILES string of the molecule is c1cc2sc(N3CCC(COc4cc5c(nn4)CCCC5)CC3)nc2cn1. The van der Waals surface area contributed by atoms with Crippen LogP contribution in [0.25, 0.3) is 10.2 Å². The Labute approximate surface area is 162 Å². The van der Waals surface area contributed by atoms with E-state index in [-0.39, 0.29) is 0 Å². The summed E-state index contributed by atoms with van der Waals surface area (Å²) in [7, 11) is 0. The van der Waals surface area contributed by atoms with Crippen molar-refractivity contribution in [2.45, 2.75) is 38.5 Å². The molecule has 3 aromatic rings. The van der Waals surface area contributed by atoms with Crippen LogP contribution in [0.1, 0.15) is 36.9 Å². The molecule has 3 aromatic heterocycles. The van der Waals surface area contributed by atoms with E-state index in [0.717, 1.165) is 61.7 Å². The highest BCUT2D eigenvalue weighted by Gasteiger charge is 2.22. The van der Waals surface area contributed by atoms with Crippen LogP contribution in [0.4, 0.5) is 5.13 Å². The Morgan fingerprint density at radius 1 is 1.15 bits per heavy atom. The highest BCUT2D eigenvalue weighted by atomic mass is 32.1. The Kier molecular flexibility index (Phi) is 4.61. The lowest BCUT2D eigenvalue weighted by molar-refractivity contribution is 0.213. The minimum atomic E-state index is 0.565. The maximum Gasteiger partial charge on any atom is 0.233 e. The van der Waals surface area contributed by atoms with Gasteiger partial charge < -0.3 is 9.64 Å². The second-order valence-electron chi connectivity index (χ2n) is 7.44. The fourth-order valence-electron chi connectivity index (χ4n) is 3.94. The monoisotopic (exact) mass is 381 g/mol. The first kappa shape index (κ1) is 16.9. The number of aromatic nitrogens is 4. The van der Waals surface area contributed by atoms with Gasteiger partial charge in [-0.1, -0.05) is 11.3 Å². The molecule has 0 aromatic carbocycles. The number of hydrogen-bond donors (Lipinski definition) is 0. The lowest BCUT2D eigenvalue weighted by Gasteiger charge is -2.31. The highest BCUT2D eigenvalue weighted by Crippen LogP contribution is 2.31. The molecule has 4 heterocycles. The Bertz CT molecular complexity index is 902. The van der Waals surface area contributed by atoms with Gasteiger partial charge in [0.25, 0.3) is 0 Å². The quantitative estimate of drug-likeness (QED) is 0.687. The van der Waals surface area contributed by atoms with Crippen molar-refractivity contribution >= 4 is 26.7 Å². The molecule has 2 aliphatic rings. The van der Waals surface area contributed by atoms with Gasteiger partial charge in [0.1, 0.15) is 5.52 Å². The van der Waals surface area contributed by atoms with Crippen LogP contribution < -0.4 is 9.64 Å². The Balaban J connectivity index is 1.16. The molecule has 5 rings (SSSR count). The number of pyridine rings is 1. The van der Waals surface area contributed by atoms with Crippen molar-refractivity contribution < 1.29 is 4.74 Å². The van der Waals surface area contributed by atoms with E-state index in [4.69, 9.17) is 9.72 Å². The third-order valence-corrected chi connectivity index (χ3v) is 6.68. The fourth-order valence-corrected chi connectivity index (χ4v) is 4.92. The van der Waals surface area contributed by atoms with E-state index in [0.29, 0.717) is 11.8 Å². The van der Waals surface area contributed by atoms with E-state index in [2.05, 4.69) is 26.1 Å². The van der Waals surface area contributed by atoms with Crippen LogP contribution in [0.3, 0.4) is 0 Å². The number of piperidine rings is 1. The van der Waals surface area contributed by atoms with Crippen molar-refractivity contribution in [1.82, 2.24) is 20.2 Å². The van der Waals surface area contributed by atoms with E-state index in [1.165, 1.54) is 23.1 Å². The third-order valence-electron chi connectivity index (χ3n) is 5.58. The molecule has 0 amide bonds. The van der Waals surface area contributed by atoms with Gasteiger partial charge in [-0.05, 0) is 56.1 Å². The largest absolute Gasteiger partial charge is 0.476 e. The highest BCUT2D eigenvalue weighted by molar-refractivity contribution is 7.22. The number of anilines is 1. The van der Waals surface area contributed by atoms with E-state index in [1.807, 2.05) is 18.5 Å². The smallest absolute Gasteiger partial charge is 0.233 e. The van der Waals surface area contributed by atoms with Gasteiger partial charge in [-0.3, -0.25) is 4.98 Å². The zero-order chi connectivity index (χ0) is 18.1. The predicted molar refractivity (Wildman–Crippen MR) is 107 cm³/mol. The average molecular weight is 382 g/mol. The summed E-state index contributed by atoms with van der Waals surface area (Å²) in [6.07, 6.45) is 10.6. The first-order valence-electron chi connectivity index (χ1n) is 9.79. The summed E-state index contributed by atoms with van der Waals surface area (Å²) >= 11 is 1.75. The Morgan fingerprint density at radius 3 is 2.93 bits per heavy atom. The van der Waals surface area contributed by atoms with Gasteiger partial charge in [0.2, 0.25) is 5.88 Å². The zero-order valence-electron chi connectivity index (χ0n) is 15.3. The van der Waals surface area contributed by atoms with Crippen molar-refractivity contribution in [3.05, 3.63) is 35.8 Å². The van der Waals surface area contributed by atoms with Gasteiger partial charge in [0, 0.05) is 25.4 Å². The second kappa shape index (κ2) is 7.38. The molecular formula is C20H23N5OS. The second-order valence-corrected chi connectivity index (χ2v) is 8.45. The molecule has 140 valence electrons. The maximum atomic E-state index is 5.99. The van der Waals surface area contributed by atoms with Gasteiger partial charge in [-0.15, -0.1) is 5.10 Å². The summed E-state index contributed by atoms with van der Waals surface area (Å²) in [5.41, 5.74) is 3.48. The number of thiazole rings is 1. The van der Waals surface area contributed by atoms with E-state index in [9.17, 15) is 0 Å². The van der Waals surface area contributed by atoms with Crippen LogP contribution in [-0.2, 0) is 12.8 Å². The number of hydrogen-bond acceptors (Lipinski definition) is 7. The first-order valence-corrected chi connectivity index (χ1v) is 10.6. The maximum absolute atomic E-state index is 5.99. The number of nitrogens with zero attached hydrogens (tertiary/aromatic N) is 5. The molecule has 6 nitrogen and oxygen atoms in total. The topological polar surface area (TPSA) is 64.0 Å². The molecule has 0 saturated carbocycles. The molecule has 0 atom stereocenters. The van der Waals surface area contributed by atoms with E-state index < -0.39 is 0 Å². The Morgan fingerprint density at radius 2 is 2.04 bits per heavy atom. The molecule has 1 fully saturated rings. The molecule has 1 saturated heterocycles. The van der Waals surface area contributed by atoms with Crippen LogP contribution in [0.15, 0.2) is 24.5 Å². The summed E-state index contributed by atoms with van der Waals surface area (Å²) < 4.78 is 7.19. The van der Waals surface area contributed by atoms with Crippen LogP contribution in [0.5, 0.6) is 5.88 Å². The van der Waals surface area contributed by atoms with Crippen LogP contribution >= 0.6 is 11.3 Å². The minimum Gasteiger partial charge on any atom is -0.476 e. The minimum absolute atomic E-state index is 0.565. The van der Waals surface area contributed by atoms with Gasteiger partial charge >= 0.3 is 0 Å². The molecule has 0 unspecified atom stereocenters. The van der Waals surface area contributed by atoms with Gasteiger partial charge in [-0.2, -0.15) is 5.10 Å². The van der Waals surface area contributed by atoms with Crippen LogP contribution in [0, 0.1) is 5.92 Å². The molecule has 7 heteroatoms. The summed E-state index contributed by atoms with van der Waals surface area (Å²) in [6, 6.07) is 4.14. The molecule has 27 heavy (non-hydrogen) atoms. The number of fused-ring (bicyclic) bond motifs is 2. The molecule has 0 N–H and O–H groups in total. The van der Waals surface area contributed by atoms with Gasteiger partial charge in [-0.25, -0.2) is 4.98 Å². The van der Waals surface area contributed by atoms with Crippen molar-refractivity contribution in [1.29, 1.82) is 0 Å². The predicted octanol–water partition coefficient (Wildman–Crippen LogP) is 3.66. The normalized spacial score (nSPS) is 17.9. The van der Waals surface area contributed by atoms with Crippen LogP contribution in [0.2, 0.25) is 0 Å². The number of ether oxygens (including phenoxy) is 1. The summed E-state index contributed by atoms with van der Waals surface area (Å²) in [6.45, 7) is 2.78. The molecule has 1 aliphatic heterocycles. The van der Waals surface area contributed by atoms with Crippen LogP contribution in [-0.4, -0.2) is 39.9 Å². The molecule has 0 spiro atoms. The van der Waals surface area contributed by atoms with Gasteiger partial charge in [0.05, 0.1) is 23.2 Å². The molecular weight excluding hydrogens is 358 g/mol. The van der Waals surface area contributed by atoms with Crippen molar-refractivity contribution in [3.8, 4) is 5.88 Å². The van der Waals surface area contributed by atoms with Gasteiger partial charge in [0.15, 0.2) is 5.13 Å². The molecule has 1 aliphatic carbocycles. The number of aryl methyl sites for hydroxylation is 2. The average Bonchev–Trinajstić information content (AvgIpc) is 3.17.